The molecule has 0 aliphatic rings. The lowest BCUT2D eigenvalue weighted by Crippen LogP contribution is -2.43. The van der Waals surface area contributed by atoms with Gasteiger partial charge in [0.05, 0.1) is 7.11 Å². The highest BCUT2D eigenvalue weighted by Gasteiger charge is 2.24. The van der Waals surface area contributed by atoms with Crippen LogP contribution in [-0.2, 0) is 9.53 Å². The van der Waals surface area contributed by atoms with E-state index in [1.807, 2.05) is 0 Å². The lowest BCUT2D eigenvalue weighted by atomic mass is 10.2. The molecule has 2 rings (SSSR count). The Balaban J connectivity index is 2.01. The molecule has 0 saturated carbocycles. The van der Waals surface area contributed by atoms with Crippen LogP contribution in [0.5, 0.6) is 0 Å². The lowest BCUT2D eigenvalue weighted by molar-refractivity contribution is -0.142. The van der Waals surface area contributed by atoms with Crippen molar-refractivity contribution in [1.29, 1.82) is 0 Å². The first-order valence-electron chi connectivity index (χ1n) is 7.47. The molecule has 136 valence electrons. The second-order valence-corrected chi connectivity index (χ2v) is 6.15. The predicted molar refractivity (Wildman–Crippen MR) is 92.9 cm³/mol. The molecule has 0 aromatic heterocycles. The highest BCUT2D eigenvalue weighted by atomic mass is 32.2. The standard InChI is InChI=1S/C18H15F2NO4S/c1-25-17(23)15(21-16(22)11-2-6-13(19)7-3-11)10-26-18(24)12-4-8-14(20)9-5-12/h2-9,15H,10H2,1H3,(H,21,22). The van der Waals surface area contributed by atoms with Crippen LogP contribution >= 0.6 is 11.8 Å². The summed E-state index contributed by atoms with van der Waals surface area (Å²) < 4.78 is 30.5. The van der Waals surface area contributed by atoms with E-state index in [0.29, 0.717) is 0 Å². The van der Waals surface area contributed by atoms with E-state index in [1.165, 1.54) is 24.3 Å². The number of ether oxygens (including phenoxy) is 1. The maximum absolute atomic E-state index is 12.9. The Morgan fingerprint density at radius 2 is 1.46 bits per heavy atom. The van der Waals surface area contributed by atoms with Crippen LogP contribution < -0.4 is 5.32 Å². The summed E-state index contributed by atoms with van der Waals surface area (Å²) in [6.07, 6.45) is 0. The van der Waals surface area contributed by atoms with Crippen LogP contribution in [0.3, 0.4) is 0 Å². The maximum atomic E-state index is 12.9. The van der Waals surface area contributed by atoms with Crippen molar-refractivity contribution >= 4 is 28.8 Å². The Kier molecular flexibility index (Phi) is 6.85. The van der Waals surface area contributed by atoms with Crippen molar-refractivity contribution in [1.82, 2.24) is 5.32 Å². The summed E-state index contributed by atoms with van der Waals surface area (Å²) in [4.78, 5) is 36.1. The van der Waals surface area contributed by atoms with Gasteiger partial charge in [0.1, 0.15) is 17.7 Å². The minimum Gasteiger partial charge on any atom is -0.467 e. The number of hydrogen-bond donors (Lipinski definition) is 1. The third kappa shape index (κ3) is 5.38. The van der Waals surface area contributed by atoms with Crippen LogP contribution in [0.25, 0.3) is 0 Å². The molecule has 0 heterocycles. The fourth-order valence-corrected chi connectivity index (χ4v) is 2.82. The van der Waals surface area contributed by atoms with Crippen molar-refractivity contribution in [2.75, 3.05) is 12.9 Å². The number of carbonyl (C=O) groups excluding carboxylic acids is 3. The van der Waals surface area contributed by atoms with Crippen LogP contribution in [0.15, 0.2) is 48.5 Å². The van der Waals surface area contributed by atoms with Crippen molar-refractivity contribution < 1.29 is 27.9 Å². The molecule has 26 heavy (non-hydrogen) atoms. The predicted octanol–water partition coefficient (Wildman–Crippen LogP) is 2.81. The van der Waals surface area contributed by atoms with Gasteiger partial charge in [-0.15, -0.1) is 0 Å². The van der Waals surface area contributed by atoms with Gasteiger partial charge in [0.25, 0.3) is 5.91 Å². The van der Waals surface area contributed by atoms with Gasteiger partial charge in [0.2, 0.25) is 5.12 Å². The summed E-state index contributed by atoms with van der Waals surface area (Å²) in [5.74, 6) is -2.36. The van der Waals surface area contributed by atoms with Crippen molar-refractivity contribution in [3.63, 3.8) is 0 Å². The van der Waals surface area contributed by atoms with Crippen molar-refractivity contribution in [3.05, 3.63) is 71.3 Å². The number of benzene rings is 2. The van der Waals surface area contributed by atoms with Gasteiger partial charge in [-0.2, -0.15) is 0 Å². The molecule has 1 atom stereocenters. The summed E-state index contributed by atoms with van der Waals surface area (Å²) in [7, 11) is 1.16. The van der Waals surface area contributed by atoms with Gasteiger partial charge in [-0.1, -0.05) is 11.8 Å². The minimum atomic E-state index is -1.08. The van der Waals surface area contributed by atoms with E-state index in [9.17, 15) is 23.2 Å². The van der Waals surface area contributed by atoms with E-state index in [2.05, 4.69) is 10.1 Å². The van der Waals surface area contributed by atoms with Gasteiger partial charge in [-0.05, 0) is 48.5 Å². The Morgan fingerprint density at radius 1 is 0.962 bits per heavy atom. The molecule has 0 saturated heterocycles. The van der Waals surface area contributed by atoms with Crippen LogP contribution in [0, 0.1) is 11.6 Å². The highest BCUT2D eigenvalue weighted by Crippen LogP contribution is 2.15. The second-order valence-electron chi connectivity index (χ2n) is 5.16. The Hall–Kier alpha value is -2.74. The van der Waals surface area contributed by atoms with Gasteiger partial charge < -0.3 is 10.1 Å². The smallest absolute Gasteiger partial charge is 0.329 e. The number of thioether (sulfide) groups is 1. The van der Waals surface area contributed by atoms with E-state index in [4.69, 9.17) is 0 Å². The average Bonchev–Trinajstić information content (AvgIpc) is 2.65. The number of carbonyl (C=O) groups is 3. The van der Waals surface area contributed by atoms with Crippen LogP contribution in [0.4, 0.5) is 8.78 Å². The second kappa shape index (κ2) is 9.10. The van der Waals surface area contributed by atoms with Gasteiger partial charge in [0.15, 0.2) is 0 Å². The summed E-state index contributed by atoms with van der Waals surface area (Å²) in [5, 5.41) is 2.07. The molecule has 2 aromatic rings. The number of esters is 1. The van der Waals surface area contributed by atoms with Gasteiger partial charge in [-0.3, -0.25) is 9.59 Å². The molecule has 0 spiro atoms. The molecule has 0 radical (unpaired) electrons. The van der Waals surface area contributed by atoms with Crippen molar-refractivity contribution in [2.24, 2.45) is 0 Å². The molecular weight excluding hydrogens is 364 g/mol. The van der Waals surface area contributed by atoms with E-state index < -0.39 is 29.6 Å². The number of amides is 1. The number of hydrogen-bond acceptors (Lipinski definition) is 5. The number of halogens is 2. The van der Waals surface area contributed by atoms with E-state index in [1.54, 1.807) is 0 Å². The minimum absolute atomic E-state index is 0.0736. The largest absolute Gasteiger partial charge is 0.467 e. The molecule has 1 amide bonds. The molecule has 1 unspecified atom stereocenters. The zero-order chi connectivity index (χ0) is 19.1. The monoisotopic (exact) mass is 379 g/mol. The molecule has 8 heteroatoms. The van der Waals surface area contributed by atoms with Crippen LogP contribution in [-0.4, -0.2) is 35.9 Å². The molecule has 0 fully saturated rings. The third-order valence-corrected chi connectivity index (χ3v) is 4.36. The van der Waals surface area contributed by atoms with Gasteiger partial charge in [-0.25, -0.2) is 13.6 Å². The Labute approximate surface area is 152 Å². The SMILES string of the molecule is COC(=O)C(CSC(=O)c1ccc(F)cc1)NC(=O)c1ccc(F)cc1. The normalized spacial score (nSPS) is 11.5. The molecule has 0 aliphatic carbocycles. The summed E-state index contributed by atoms with van der Waals surface area (Å²) in [6.45, 7) is 0. The molecule has 0 aliphatic heterocycles. The van der Waals surface area contributed by atoms with E-state index >= 15 is 0 Å². The number of methoxy groups -OCH3 is 1. The first kappa shape index (κ1) is 19.6. The van der Waals surface area contributed by atoms with Gasteiger partial charge >= 0.3 is 5.97 Å². The first-order valence-corrected chi connectivity index (χ1v) is 8.46. The molecular formula is C18H15F2NO4S. The molecule has 5 nitrogen and oxygen atoms in total. The highest BCUT2D eigenvalue weighted by molar-refractivity contribution is 8.14. The molecule has 2 aromatic carbocycles. The summed E-state index contributed by atoms with van der Waals surface area (Å²) in [5.41, 5.74) is 0.431. The third-order valence-electron chi connectivity index (χ3n) is 3.36. The number of nitrogens with one attached hydrogen (secondary N) is 1. The Morgan fingerprint density at radius 3 is 1.96 bits per heavy atom. The quantitative estimate of drug-likeness (QED) is 0.782. The van der Waals surface area contributed by atoms with Crippen LogP contribution in [0.1, 0.15) is 20.7 Å². The topological polar surface area (TPSA) is 72.5 Å². The lowest BCUT2D eigenvalue weighted by Gasteiger charge is -2.16. The number of rotatable bonds is 6. The van der Waals surface area contributed by atoms with E-state index in [0.717, 1.165) is 43.1 Å². The average molecular weight is 379 g/mol. The van der Waals surface area contributed by atoms with E-state index in [-0.39, 0.29) is 22.0 Å². The van der Waals surface area contributed by atoms with Crippen molar-refractivity contribution in [3.8, 4) is 0 Å². The first-order chi connectivity index (χ1) is 12.4. The molecule has 0 bridgehead atoms. The summed E-state index contributed by atoms with van der Waals surface area (Å²) in [6, 6.07) is 8.68. The Bertz CT molecular complexity index is 794. The van der Waals surface area contributed by atoms with Crippen LogP contribution in [0.2, 0.25) is 0 Å². The fourth-order valence-electron chi connectivity index (χ4n) is 1.98. The maximum Gasteiger partial charge on any atom is 0.329 e. The summed E-state index contributed by atoms with van der Waals surface area (Å²) >= 11 is 0.790. The van der Waals surface area contributed by atoms with Gasteiger partial charge in [0, 0.05) is 16.9 Å². The van der Waals surface area contributed by atoms with Crippen molar-refractivity contribution in [2.45, 2.75) is 6.04 Å². The fraction of sp³-hybridized carbons (Fsp3) is 0.167. The molecule has 1 N–H and O–H groups in total. The zero-order valence-corrected chi connectivity index (χ0v) is 14.5. The zero-order valence-electron chi connectivity index (χ0n) is 13.7.